The Kier molecular flexibility index (Phi) is 5.11. The van der Waals surface area contributed by atoms with Gasteiger partial charge in [0, 0.05) is 12.0 Å². The van der Waals surface area contributed by atoms with Crippen molar-refractivity contribution < 1.29 is 62.3 Å². The topological polar surface area (TPSA) is 132 Å². The van der Waals surface area contributed by atoms with E-state index in [0.717, 1.165) is 12.2 Å². The quantitative estimate of drug-likeness (QED) is 0.399. The van der Waals surface area contributed by atoms with Gasteiger partial charge in [-0.3, -0.25) is 4.79 Å². The van der Waals surface area contributed by atoms with E-state index in [-0.39, 0.29) is 29.6 Å². The summed E-state index contributed by atoms with van der Waals surface area (Å²) in [4.78, 5) is 21.4. The average Bonchev–Trinajstić information content (AvgIpc) is 2.15. The van der Waals surface area contributed by atoms with Crippen molar-refractivity contribution in [2.45, 2.75) is 11.2 Å². The molecule has 1 rings (SSSR count). The molecule has 1 unspecified atom stereocenters. The van der Waals surface area contributed by atoms with Crippen molar-refractivity contribution in [1.29, 1.82) is 0 Å². The van der Waals surface area contributed by atoms with Crippen molar-refractivity contribution in [3.63, 3.8) is 0 Å². The summed E-state index contributed by atoms with van der Waals surface area (Å²) in [6, 6.07) is 0. The molecule has 2 N–H and O–H groups in total. The summed E-state index contributed by atoms with van der Waals surface area (Å²) in [5.74, 6) is -3.34. The first-order valence-corrected chi connectivity index (χ1v) is 5.42. The maximum Gasteiger partial charge on any atom is 1.00 e. The van der Waals surface area contributed by atoms with Gasteiger partial charge >= 0.3 is 41.5 Å². The molecule has 0 aromatic rings. The predicted octanol–water partition coefficient (Wildman–Crippen LogP) is -3.67. The third kappa shape index (κ3) is 2.96. The minimum atomic E-state index is -5.19. The second-order valence-electron chi connectivity index (χ2n) is 3.18. The van der Waals surface area contributed by atoms with Crippen LogP contribution in [0.4, 0.5) is 0 Å². The molecule has 0 heterocycles. The van der Waals surface area contributed by atoms with E-state index in [1.165, 1.54) is 0 Å². The van der Waals surface area contributed by atoms with Crippen LogP contribution in [-0.4, -0.2) is 39.9 Å². The van der Waals surface area contributed by atoms with Crippen LogP contribution in [0.25, 0.3) is 0 Å². The van der Waals surface area contributed by atoms with Gasteiger partial charge in [0.1, 0.15) is 10.1 Å². The third-order valence-electron chi connectivity index (χ3n) is 2.20. The van der Waals surface area contributed by atoms with E-state index in [1.807, 2.05) is 0 Å². The molecule has 0 fully saturated rings. The van der Waals surface area contributed by atoms with Crippen molar-refractivity contribution >= 4 is 22.1 Å². The summed E-state index contributed by atoms with van der Waals surface area (Å²) in [5.41, 5.74) is -0.440. The smallest absolute Gasteiger partial charge is 0.747 e. The van der Waals surface area contributed by atoms with Crippen LogP contribution < -0.4 is 29.6 Å². The SMILES string of the molecule is O=C(O)C1=CC=CC(C(=O)O)(S(=O)(=O)[O-])C1.[Na+]. The first-order valence-electron chi connectivity index (χ1n) is 4.01. The second kappa shape index (κ2) is 5.32. The first-order chi connectivity index (χ1) is 7.21. The minimum absolute atomic E-state index is 0. The van der Waals surface area contributed by atoms with Crippen LogP contribution in [-0.2, 0) is 19.7 Å². The van der Waals surface area contributed by atoms with Crippen LogP contribution in [0.5, 0.6) is 0 Å². The molecule has 0 spiro atoms. The average molecular weight is 270 g/mol. The molecule has 88 valence electrons. The van der Waals surface area contributed by atoms with Crippen molar-refractivity contribution in [3.8, 4) is 0 Å². The summed E-state index contributed by atoms with van der Waals surface area (Å²) in [7, 11) is -5.19. The molecule has 0 bridgehead atoms. The molecule has 0 aromatic carbocycles. The van der Waals surface area contributed by atoms with E-state index in [9.17, 15) is 22.6 Å². The number of carbonyl (C=O) groups is 2. The van der Waals surface area contributed by atoms with E-state index < -0.39 is 38.8 Å². The van der Waals surface area contributed by atoms with E-state index in [2.05, 4.69) is 0 Å². The fourth-order valence-electron chi connectivity index (χ4n) is 1.29. The zero-order valence-corrected chi connectivity index (χ0v) is 11.6. The van der Waals surface area contributed by atoms with Gasteiger partial charge in [-0.1, -0.05) is 18.2 Å². The molecule has 1 aliphatic rings. The largest absolute Gasteiger partial charge is 1.00 e. The van der Waals surface area contributed by atoms with Crippen LogP contribution in [0, 0.1) is 0 Å². The van der Waals surface area contributed by atoms with Gasteiger partial charge in [0.15, 0.2) is 4.75 Å². The van der Waals surface area contributed by atoms with Gasteiger partial charge in [-0.15, -0.1) is 0 Å². The second-order valence-corrected chi connectivity index (χ2v) is 4.82. The van der Waals surface area contributed by atoms with Gasteiger partial charge in [-0.25, -0.2) is 13.2 Å². The van der Waals surface area contributed by atoms with Crippen LogP contribution in [0.1, 0.15) is 6.42 Å². The maximum absolute atomic E-state index is 10.9. The number of allylic oxidation sites excluding steroid dienone is 2. The molecular weight excluding hydrogens is 263 g/mol. The van der Waals surface area contributed by atoms with Gasteiger partial charge in [0.2, 0.25) is 0 Å². The number of carboxylic acid groups (broad SMARTS) is 2. The number of hydrogen-bond acceptors (Lipinski definition) is 5. The fraction of sp³-hybridized carbons (Fsp3) is 0.250. The van der Waals surface area contributed by atoms with E-state index in [4.69, 9.17) is 10.2 Å². The molecule has 0 amide bonds. The molecule has 0 aliphatic heterocycles. The Balaban J connectivity index is 0.00000256. The van der Waals surface area contributed by atoms with Gasteiger partial charge in [-0.05, 0) is 0 Å². The van der Waals surface area contributed by atoms with Crippen molar-refractivity contribution in [1.82, 2.24) is 0 Å². The molecule has 0 aromatic heterocycles. The predicted molar refractivity (Wildman–Crippen MR) is 49.5 cm³/mol. The molecule has 1 aliphatic carbocycles. The minimum Gasteiger partial charge on any atom is -0.747 e. The van der Waals surface area contributed by atoms with Gasteiger partial charge in [0.25, 0.3) is 0 Å². The standard InChI is InChI=1S/C8H8O7S.Na/c9-6(10)5-2-1-3-8(4-5,7(11)12)16(13,14)15;/h1-3H,4H2,(H,9,10)(H,11,12)(H,13,14,15);/q;+1/p-1. The zero-order valence-electron chi connectivity index (χ0n) is 8.78. The fourth-order valence-corrected chi connectivity index (χ4v) is 2.08. The van der Waals surface area contributed by atoms with Crippen molar-refractivity contribution in [3.05, 3.63) is 23.8 Å². The Labute approximate surface area is 119 Å². The molecule has 9 heteroatoms. The van der Waals surface area contributed by atoms with Gasteiger partial charge in [0.05, 0.1) is 0 Å². The summed E-state index contributed by atoms with van der Waals surface area (Å²) in [5, 5.41) is 17.4. The summed E-state index contributed by atoms with van der Waals surface area (Å²) in [6.07, 6.45) is 1.80. The number of carboxylic acids is 2. The van der Waals surface area contributed by atoms with E-state index in [1.54, 1.807) is 0 Å². The van der Waals surface area contributed by atoms with Crippen molar-refractivity contribution in [2.24, 2.45) is 0 Å². The van der Waals surface area contributed by atoms with Gasteiger partial charge < -0.3 is 14.8 Å². The molecule has 7 nitrogen and oxygen atoms in total. The Bertz CT molecular complexity index is 504. The van der Waals surface area contributed by atoms with E-state index in [0.29, 0.717) is 6.08 Å². The van der Waals surface area contributed by atoms with Crippen LogP contribution in [0.3, 0.4) is 0 Å². The Morgan fingerprint density at radius 1 is 1.35 bits per heavy atom. The molecule has 0 saturated heterocycles. The maximum atomic E-state index is 10.9. The number of rotatable bonds is 3. The van der Waals surface area contributed by atoms with E-state index >= 15 is 0 Å². The molecule has 0 radical (unpaired) electrons. The van der Waals surface area contributed by atoms with Crippen LogP contribution in [0.15, 0.2) is 23.8 Å². The number of aliphatic carboxylic acids is 2. The summed E-state index contributed by atoms with van der Waals surface area (Å²) >= 11 is 0. The summed E-state index contributed by atoms with van der Waals surface area (Å²) in [6.45, 7) is 0. The monoisotopic (exact) mass is 270 g/mol. The number of hydrogen-bond donors (Lipinski definition) is 2. The van der Waals surface area contributed by atoms with Gasteiger partial charge in [-0.2, -0.15) is 0 Å². The molecular formula is C8H7NaO7S. The zero-order chi connectivity index (χ0) is 12.6. The summed E-state index contributed by atoms with van der Waals surface area (Å²) < 4.78 is 30.0. The van der Waals surface area contributed by atoms with Crippen LogP contribution in [0.2, 0.25) is 0 Å². The Morgan fingerprint density at radius 3 is 2.24 bits per heavy atom. The normalized spacial score (nSPS) is 23.5. The third-order valence-corrected chi connectivity index (χ3v) is 3.55. The Morgan fingerprint density at radius 2 is 1.88 bits per heavy atom. The molecule has 17 heavy (non-hydrogen) atoms. The molecule has 1 atom stereocenters. The van der Waals surface area contributed by atoms with Crippen LogP contribution >= 0.6 is 0 Å². The van der Waals surface area contributed by atoms with Crippen molar-refractivity contribution in [2.75, 3.05) is 0 Å². The first kappa shape index (κ1) is 16.3. The Hall–Kier alpha value is -0.670. The molecule has 0 saturated carbocycles.